The summed E-state index contributed by atoms with van der Waals surface area (Å²) in [5.41, 5.74) is 2.55. The molecule has 0 aliphatic rings. The number of hydrogen-bond acceptors (Lipinski definition) is 5. The Labute approximate surface area is 173 Å². The smallest absolute Gasteiger partial charge is 0.322 e. The molecule has 29 heavy (non-hydrogen) atoms. The number of ether oxygens (including phenoxy) is 1. The van der Waals surface area contributed by atoms with Gasteiger partial charge < -0.3 is 15.4 Å². The van der Waals surface area contributed by atoms with Crippen molar-refractivity contribution in [2.75, 3.05) is 11.9 Å². The summed E-state index contributed by atoms with van der Waals surface area (Å²) >= 11 is 5.80. The number of amides is 2. The molecule has 0 saturated carbocycles. The van der Waals surface area contributed by atoms with Crippen LogP contribution in [0, 0.1) is 13.8 Å². The number of nitrogens with zero attached hydrogens (tertiary/aromatic N) is 2. The molecule has 0 spiro atoms. The van der Waals surface area contributed by atoms with E-state index >= 15 is 0 Å². The van der Waals surface area contributed by atoms with E-state index in [4.69, 9.17) is 16.3 Å². The minimum atomic E-state index is -0.368. The van der Waals surface area contributed by atoms with Gasteiger partial charge in [0, 0.05) is 33.7 Å². The first kappa shape index (κ1) is 20.3. The quantitative estimate of drug-likeness (QED) is 0.642. The number of carbonyl (C=O) groups excluding carboxylic acids is 2. The Hall–Kier alpha value is -3.45. The van der Waals surface area contributed by atoms with Crippen LogP contribution in [0.15, 0.2) is 54.6 Å². The second-order valence-electron chi connectivity index (χ2n) is 6.30. The SMILES string of the molecule is Cc1cc(C)nc(Oc2cccc(NC(=O)CNC(=O)c3ccc(Cl)cc3)c2)n1. The first-order valence-electron chi connectivity index (χ1n) is 8.83. The molecule has 0 fully saturated rings. The molecule has 0 radical (unpaired) electrons. The number of anilines is 1. The Morgan fingerprint density at radius 1 is 1.00 bits per heavy atom. The molecule has 3 rings (SSSR count). The van der Waals surface area contributed by atoms with Crippen molar-refractivity contribution in [2.45, 2.75) is 13.8 Å². The monoisotopic (exact) mass is 410 g/mol. The number of rotatable bonds is 6. The summed E-state index contributed by atoms with van der Waals surface area (Å²) in [5.74, 6) is -0.244. The Morgan fingerprint density at radius 3 is 2.38 bits per heavy atom. The van der Waals surface area contributed by atoms with Gasteiger partial charge in [-0.3, -0.25) is 9.59 Å². The molecule has 0 aliphatic carbocycles. The Morgan fingerprint density at radius 2 is 1.69 bits per heavy atom. The van der Waals surface area contributed by atoms with Crippen molar-refractivity contribution in [3.8, 4) is 11.8 Å². The first-order valence-corrected chi connectivity index (χ1v) is 9.21. The van der Waals surface area contributed by atoms with Gasteiger partial charge in [-0.05, 0) is 56.3 Å². The van der Waals surface area contributed by atoms with E-state index in [0.717, 1.165) is 11.4 Å². The van der Waals surface area contributed by atoms with E-state index in [1.165, 1.54) is 0 Å². The minimum absolute atomic E-state index is 0.174. The summed E-state index contributed by atoms with van der Waals surface area (Å²) in [6.07, 6.45) is 0. The van der Waals surface area contributed by atoms with Gasteiger partial charge in [-0.15, -0.1) is 0 Å². The fourth-order valence-electron chi connectivity index (χ4n) is 2.55. The van der Waals surface area contributed by atoms with Crippen LogP contribution in [0.1, 0.15) is 21.7 Å². The van der Waals surface area contributed by atoms with Gasteiger partial charge >= 0.3 is 6.01 Å². The molecule has 0 aliphatic heterocycles. The van der Waals surface area contributed by atoms with Crippen LogP contribution < -0.4 is 15.4 Å². The Bertz CT molecular complexity index is 1020. The summed E-state index contributed by atoms with van der Waals surface area (Å²) in [7, 11) is 0. The molecular formula is C21H19ClN4O3. The molecule has 0 atom stereocenters. The van der Waals surface area contributed by atoms with Crippen LogP contribution in [-0.2, 0) is 4.79 Å². The lowest BCUT2D eigenvalue weighted by molar-refractivity contribution is -0.115. The normalized spacial score (nSPS) is 10.3. The van der Waals surface area contributed by atoms with Crippen molar-refractivity contribution in [1.82, 2.24) is 15.3 Å². The van der Waals surface area contributed by atoms with E-state index < -0.39 is 0 Å². The van der Waals surface area contributed by atoms with E-state index in [0.29, 0.717) is 22.0 Å². The fourth-order valence-corrected chi connectivity index (χ4v) is 2.68. The van der Waals surface area contributed by atoms with Crippen molar-refractivity contribution in [3.05, 3.63) is 76.6 Å². The predicted octanol–water partition coefficient (Wildman–Crippen LogP) is 3.91. The number of halogens is 1. The zero-order valence-electron chi connectivity index (χ0n) is 15.9. The van der Waals surface area contributed by atoms with E-state index in [1.807, 2.05) is 19.9 Å². The van der Waals surface area contributed by atoms with Crippen LogP contribution in [-0.4, -0.2) is 28.3 Å². The average molecular weight is 411 g/mol. The average Bonchev–Trinajstić information content (AvgIpc) is 2.66. The lowest BCUT2D eigenvalue weighted by Gasteiger charge is -2.09. The largest absolute Gasteiger partial charge is 0.424 e. The van der Waals surface area contributed by atoms with Crippen LogP contribution >= 0.6 is 11.6 Å². The molecule has 7 nitrogen and oxygen atoms in total. The summed E-state index contributed by atoms with van der Waals surface area (Å²) in [4.78, 5) is 32.7. The van der Waals surface area contributed by atoms with Gasteiger partial charge in [0.25, 0.3) is 5.91 Å². The first-order chi connectivity index (χ1) is 13.9. The van der Waals surface area contributed by atoms with E-state index in [9.17, 15) is 9.59 Å². The van der Waals surface area contributed by atoms with Crippen LogP contribution in [0.5, 0.6) is 11.8 Å². The molecule has 3 aromatic rings. The second-order valence-corrected chi connectivity index (χ2v) is 6.74. The number of carbonyl (C=O) groups is 2. The number of benzene rings is 2. The summed E-state index contributed by atoms with van der Waals surface area (Å²) < 4.78 is 5.67. The second kappa shape index (κ2) is 9.16. The Kier molecular flexibility index (Phi) is 6.41. The standard InChI is InChI=1S/C21H19ClN4O3/c1-13-10-14(2)25-21(24-13)29-18-5-3-4-17(11-18)26-19(27)12-23-20(28)15-6-8-16(22)9-7-15/h3-11H,12H2,1-2H3,(H,23,28)(H,26,27). The molecule has 1 aromatic heterocycles. The lowest BCUT2D eigenvalue weighted by Crippen LogP contribution is -2.32. The molecule has 2 amide bonds. The third-order valence-electron chi connectivity index (χ3n) is 3.80. The molecule has 0 unspecified atom stereocenters. The highest BCUT2D eigenvalue weighted by atomic mass is 35.5. The van der Waals surface area contributed by atoms with Gasteiger partial charge in [0.1, 0.15) is 5.75 Å². The summed E-state index contributed by atoms with van der Waals surface area (Å²) in [5, 5.41) is 5.81. The highest BCUT2D eigenvalue weighted by molar-refractivity contribution is 6.30. The molecule has 0 bridgehead atoms. The van der Waals surface area contributed by atoms with Gasteiger partial charge in [-0.25, -0.2) is 9.97 Å². The number of hydrogen-bond donors (Lipinski definition) is 2. The lowest BCUT2D eigenvalue weighted by atomic mass is 10.2. The van der Waals surface area contributed by atoms with Gasteiger partial charge in [0.05, 0.1) is 6.54 Å². The number of nitrogens with one attached hydrogen (secondary N) is 2. The molecule has 148 valence electrons. The number of aromatic nitrogens is 2. The van der Waals surface area contributed by atoms with Crippen molar-refractivity contribution in [1.29, 1.82) is 0 Å². The Balaban J connectivity index is 1.57. The highest BCUT2D eigenvalue weighted by Gasteiger charge is 2.09. The molecular weight excluding hydrogens is 392 g/mol. The van der Waals surface area contributed by atoms with Crippen LogP contribution in [0.2, 0.25) is 5.02 Å². The maximum Gasteiger partial charge on any atom is 0.322 e. The van der Waals surface area contributed by atoms with E-state index in [2.05, 4.69) is 20.6 Å². The van der Waals surface area contributed by atoms with Crippen molar-refractivity contribution in [2.24, 2.45) is 0 Å². The van der Waals surface area contributed by atoms with Crippen molar-refractivity contribution < 1.29 is 14.3 Å². The van der Waals surface area contributed by atoms with Gasteiger partial charge in [0.2, 0.25) is 5.91 Å². The summed E-state index contributed by atoms with van der Waals surface area (Å²) in [6.45, 7) is 3.54. The maximum atomic E-state index is 12.1. The van der Waals surface area contributed by atoms with Crippen LogP contribution in [0.3, 0.4) is 0 Å². The third-order valence-corrected chi connectivity index (χ3v) is 4.06. The molecule has 1 heterocycles. The molecule has 0 saturated heterocycles. The fraction of sp³-hybridized carbons (Fsp3) is 0.143. The third kappa shape index (κ3) is 6.02. The van der Waals surface area contributed by atoms with E-state index in [1.54, 1.807) is 48.5 Å². The van der Waals surface area contributed by atoms with Gasteiger partial charge in [-0.2, -0.15) is 0 Å². The number of aryl methyl sites for hydroxylation is 2. The molecule has 2 aromatic carbocycles. The topological polar surface area (TPSA) is 93.2 Å². The van der Waals surface area contributed by atoms with Gasteiger partial charge in [0.15, 0.2) is 0 Å². The van der Waals surface area contributed by atoms with Crippen LogP contribution in [0.25, 0.3) is 0 Å². The maximum absolute atomic E-state index is 12.1. The zero-order chi connectivity index (χ0) is 20.8. The minimum Gasteiger partial charge on any atom is -0.424 e. The van der Waals surface area contributed by atoms with Crippen LogP contribution in [0.4, 0.5) is 5.69 Å². The zero-order valence-corrected chi connectivity index (χ0v) is 16.7. The highest BCUT2D eigenvalue weighted by Crippen LogP contribution is 2.22. The van der Waals surface area contributed by atoms with Gasteiger partial charge in [-0.1, -0.05) is 17.7 Å². The molecule has 8 heteroatoms. The molecule has 2 N–H and O–H groups in total. The van der Waals surface area contributed by atoms with Crippen molar-refractivity contribution in [3.63, 3.8) is 0 Å². The van der Waals surface area contributed by atoms with E-state index in [-0.39, 0.29) is 24.4 Å². The van der Waals surface area contributed by atoms with Crippen molar-refractivity contribution >= 4 is 29.1 Å². The predicted molar refractivity (Wildman–Crippen MR) is 110 cm³/mol. The summed E-state index contributed by atoms with van der Waals surface area (Å²) in [6, 6.07) is 15.3.